The van der Waals surface area contributed by atoms with Gasteiger partial charge in [0, 0.05) is 0 Å². The molecule has 0 aliphatic rings. The fourth-order valence-corrected chi connectivity index (χ4v) is 1.11. The van der Waals surface area contributed by atoms with Crippen LogP contribution in [-0.4, -0.2) is 35.4 Å². The molecule has 6 heteroatoms. The number of carbonyl (C=O) groups excluding carboxylic acids is 2. The van der Waals surface area contributed by atoms with E-state index in [-0.39, 0.29) is 5.92 Å². The van der Waals surface area contributed by atoms with Crippen molar-refractivity contribution >= 4 is 18.2 Å². The van der Waals surface area contributed by atoms with Gasteiger partial charge in [0.1, 0.15) is 6.29 Å². The fraction of sp³-hybridized carbons (Fsp3) is 0.700. The quantitative estimate of drug-likeness (QED) is 0.512. The number of carboxylic acids is 1. The van der Waals surface area contributed by atoms with Crippen molar-refractivity contribution in [1.29, 1.82) is 0 Å². The minimum atomic E-state index is -1.14. The lowest BCUT2D eigenvalue weighted by atomic mass is 9.99. The van der Waals surface area contributed by atoms with Gasteiger partial charge >= 0.3 is 5.97 Å². The Bertz CT molecular complexity index is 268. The van der Waals surface area contributed by atoms with E-state index in [1.165, 1.54) is 0 Å². The summed E-state index contributed by atoms with van der Waals surface area (Å²) in [7, 11) is 0. The van der Waals surface area contributed by atoms with E-state index in [4.69, 9.17) is 10.8 Å². The number of hydrogen-bond donors (Lipinski definition) is 3. The van der Waals surface area contributed by atoms with Gasteiger partial charge in [0.2, 0.25) is 5.91 Å². The second-order valence-corrected chi connectivity index (χ2v) is 3.76. The first-order valence-electron chi connectivity index (χ1n) is 5.15. The van der Waals surface area contributed by atoms with Crippen molar-refractivity contribution in [3.8, 4) is 0 Å². The average molecular weight is 230 g/mol. The van der Waals surface area contributed by atoms with Crippen LogP contribution in [0.25, 0.3) is 0 Å². The van der Waals surface area contributed by atoms with Crippen LogP contribution in [0.1, 0.15) is 26.7 Å². The molecule has 0 aromatic rings. The molecule has 0 radical (unpaired) electrons. The molecule has 6 nitrogen and oxygen atoms in total. The molecule has 0 bridgehead atoms. The number of nitrogens with two attached hydrogens (primary N) is 1. The summed E-state index contributed by atoms with van der Waals surface area (Å²) in [6, 6.07) is -1.73. The lowest BCUT2D eigenvalue weighted by Gasteiger charge is -2.19. The normalized spacial score (nSPS) is 15.9. The monoisotopic (exact) mass is 230 g/mol. The van der Waals surface area contributed by atoms with Gasteiger partial charge in [0.15, 0.2) is 0 Å². The lowest BCUT2D eigenvalue weighted by molar-refractivity contribution is -0.139. The van der Waals surface area contributed by atoms with Gasteiger partial charge in [0.05, 0.1) is 18.5 Å². The molecule has 16 heavy (non-hydrogen) atoms. The third kappa shape index (κ3) is 4.88. The van der Waals surface area contributed by atoms with Crippen molar-refractivity contribution in [3.05, 3.63) is 0 Å². The van der Waals surface area contributed by atoms with Gasteiger partial charge in [-0.05, 0) is 5.92 Å². The van der Waals surface area contributed by atoms with Crippen LogP contribution in [0.4, 0.5) is 0 Å². The molecule has 3 atom stereocenters. The maximum Gasteiger partial charge on any atom is 0.305 e. The summed E-state index contributed by atoms with van der Waals surface area (Å²) in [4.78, 5) is 32.4. The molecular formula is C10H18N2O4. The van der Waals surface area contributed by atoms with E-state index in [9.17, 15) is 14.4 Å². The Hall–Kier alpha value is -1.43. The van der Waals surface area contributed by atoms with E-state index in [1.54, 1.807) is 0 Å². The predicted octanol–water partition coefficient (Wildman–Crippen LogP) is -0.482. The summed E-state index contributed by atoms with van der Waals surface area (Å²) in [5.74, 6) is -1.65. The van der Waals surface area contributed by atoms with E-state index in [0.29, 0.717) is 6.29 Å². The molecule has 0 aliphatic heterocycles. The number of aliphatic carboxylic acids is 1. The van der Waals surface area contributed by atoms with Crippen molar-refractivity contribution in [2.45, 2.75) is 38.8 Å². The van der Waals surface area contributed by atoms with Crippen LogP contribution < -0.4 is 11.1 Å². The highest BCUT2D eigenvalue weighted by molar-refractivity contribution is 5.86. The summed E-state index contributed by atoms with van der Waals surface area (Å²) in [6.45, 7) is 3.71. The Kier molecular flexibility index (Phi) is 6.32. The SMILES string of the molecule is CC[C@H](C)[C@H](N)C(=O)N[C@H](C=O)CC(=O)O. The molecule has 0 fully saturated rings. The number of nitrogens with one attached hydrogen (secondary N) is 1. The van der Waals surface area contributed by atoms with Crippen LogP contribution in [0.2, 0.25) is 0 Å². The van der Waals surface area contributed by atoms with Crippen LogP contribution in [0.3, 0.4) is 0 Å². The first-order valence-corrected chi connectivity index (χ1v) is 5.15. The van der Waals surface area contributed by atoms with Gasteiger partial charge < -0.3 is 21.0 Å². The fourth-order valence-electron chi connectivity index (χ4n) is 1.11. The van der Waals surface area contributed by atoms with Crippen molar-refractivity contribution in [3.63, 3.8) is 0 Å². The van der Waals surface area contributed by atoms with E-state index in [1.807, 2.05) is 13.8 Å². The second kappa shape index (κ2) is 6.95. The number of carbonyl (C=O) groups is 3. The molecule has 0 unspecified atom stereocenters. The number of rotatable bonds is 7. The Labute approximate surface area is 94.2 Å². The standard InChI is InChI=1S/C10H18N2O4/c1-3-6(2)9(11)10(16)12-7(5-13)4-8(14)15/h5-7,9H,3-4,11H2,1-2H3,(H,12,16)(H,14,15)/t6-,7-,9-/m0/s1. The third-order valence-corrected chi connectivity index (χ3v) is 2.45. The minimum Gasteiger partial charge on any atom is -0.481 e. The molecule has 0 rings (SSSR count). The maximum atomic E-state index is 11.5. The van der Waals surface area contributed by atoms with Gasteiger partial charge in [-0.2, -0.15) is 0 Å². The molecule has 92 valence electrons. The van der Waals surface area contributed by atoms with Gasteiger partial charge in [-0.15, -0.1) is 0 Å². The van der Waals surface area contributed by atoms with E-state index in [2.05, 4.69) is 5.32 Å². The third-order valence-electron chi connectivity index (χ3n) is 2.45. The van der Waals surface area contributed by atoms with E-state index < -0.39 is 30.4 Å². The molecule has 1 amide bonds. The van der Waals surface area contributed by atoms with Crippen molar-refractivity contribution in [2.24, 2.45) is 11.7 Å². The summed E-state index contributed by atoms with van der Waals surface area (Å²) >= 11 is 0. The predicted molar refractivity (Wildman–Crippen MR) is 57.7 cm³/mol. The summed E-state index contributed by atoms with van der Waals surface area (Å²) in [5, 5.41) is 10.8. The van der Waals surface area contributed by atoms with E-state index in [0.717, 1.165) is 6.42 Å². The number of carboxylic acid groups (broad SMARTS) is 1. The first kappa shape index (κ1) is 14.6. The van der Waals surface area contributed by atoms with Gasteiger partial charge in [-0.3, -0.25) is 9.59 Å². The Morgan fingerprint density at radius 2 is 2.06 bits per heavy atom. The Morgan fingerprint density at radius 3 is 2.44 bits per heavy atom. The van der Waals surface area contributed by atoms with Crippen LogP contribution in [-0.2, 0) is 14.4 Å². The number of aldehydes is 1. The van der Waals surface area contributed by atoms with Crippen molar-refractivity contribution in [2.75, 3.05) is 0 Å². The molecule has 0 aromatic heterocycles. The van der Waals surface area contributed by atoms with Crippen molar-refractivity contribution < 1.29 is 19.5 Å². The molecule has 0 aliphatic carbocycles. The van der Waals surface area contributed by atoms with Gasteiger partial charge in [-0.25, -0.2) is 0 Å². The highest BCUT2D eigenvalue weighted by atomic mass is 16.4. The molecule has 0 aromatic carbocycles. The average Bonchev–Trinajstić information content (AvgIpc) is 2.25. The highest BCUT2D eigenvalue weighted by Crippen LogP contribution is 2.05. The smallest absolute Gasteiger partial charge is 0.305 e. The largest absolute Gasteiger partial charge is 0.481 e. The summed E-state index contributed by atoms with van der Waals surface area (Å²) < 4.78 is 0. The van der Waals surface area contributed by atoms with Crippen LogP contribution >= 0.6 is 0 Å². The minimum absolute atomic E-state index is 0.0165. The molecule has 0 saturated carbocycles. The molecule has 0 saturated heterocycles. The molecule has 0 heterocycles. The zero-order valence-electron chi connectivity index (χ0n) is 9.47. The number of hydrogen-bond acceptors (Lipinski definition) is 4. The van der Waals surface area contributed by atoms with Gasteiger partial charge in [-0.1, -0.05) is 20.3 Å². The first-order chi connectivity index (χ1) is 7.42. The van der Waals surface area contributed by atoms with Gasteiger partial charge in [0.25, 0.3) is 0 Å². The topological polar surface area (TPSA) is 109 Å². The second-order valence-electron chi connectivity index (χ2n) is 3.76. The van der Waals surface area contributed by atoms with Crippen LogP contribution in [0.15, 0.2) is 0 Å². The Balaban J connectivity index is 4.29. The molecular weight excluding hydrogens is 212 g/mol. The van der Waals surface area contributed by atoms with Crippen LogP contribution in [0, 0.1) is 5.92 Å². The van der Waals surface area contributed by atoms with Crippen molar-refractivity contribution in [1.82, 2.24) is 5.32 Å². The van der Waals surface area contributed by atoms with E-state index >= 15 is 0 Å². The number of amides is 1. The highest BCUT2D eigenvalue weighted by Gasteiger charge is 2.22. The zero-order chi connectivity index (χ0) is 12.7. The Morgan fingerprint density at radius 1 is 1.50 bits per heavy atom. The summed E-state index contributed by atoms with van der Waals surface area (Å²) in [5.41, 5.74) is 5.63. The zero-order valence-corrected chi connectivity index (χ0v) is 9.47. The molecule has 0 spiro atoms. The lowest BCUT2D eigenvalue weighted by Crippen LogP contribution is -2.49. The van der Waals surface area contributed by atoms with Crippen LogP contribution in [0.5, 0.6) is 0 Å². The summed E-state index contributed by atoms with van der Waals surface area (Å²) in [6.07, 6.45) is 0.705. The maximum absolute atomic E-state index is 11.5. The molecule has 4 N–H and O–H groups in total.